The summed E-state index contributed by atoms with van der Waals surface area (Å²) in [6.45, 7) is 0.490. The Bertz CT molecular complexity index is 456. The van der Waals surface area contributed by atoms with E-state index in [1.54, 1.807) is 25.4 Å². The Kier molecular flexibility index (Phi) is 3.05. The molecule has 2 aromatic rings. The first-order valence-electron chi connectivity index (χ1n) is 4.85. The number of aromatic amines is 1. The molecule has 0 amide bonds. The monoisotopic (exact) mass is 221 g/mol. The van der Waals surface area contributed by atoms with E-state index < -0.39 is 0 Å². The maximum Gasteiger partial charge on any atom is 0.146 e. The van der Waals surface area contributed by atoms with Crippen LogP contribution < -0.4 is 10.1 Å². The van der Waals surface area contributed by atoms with Crippen LogP contribution in [0.5, 0.6) is 5.75 Å². The van der Waals surface area contributed by atoms with Crippen LogP contribution in [0.4, 0.5) is 10.1 Å². The van der Waals surface area contributed by atoms with Gasteiger partial charge < -0.3 is 10.1 Å². The Hall–Kier alpha value is -2.04. The van der Waals surface area contributed by atoms with Gasteiger partial charge in [-0.05, 0) is 18.2 Å². The fourth-order valence-electron chi connectivity index (χ4n) is 1.34. The van der Waals surface area contributed by atoms with E-state index in [-0.39, 0.29) is 5.82 Å². The maximum absolute atomic E-state index is 13.4. The zero-order chi connectivity index (χ0) is 11.4. The lowest BCUT2D eigenvalue weighted by Crippen LogP contribution is -2.02. The van der Waals surface area contributed by atoms with Gasteiger partial charge in [-0.15, -0.1) is 0 Å². The van der Waals surface area contributed by atoms with Crippen molar-refractivity contribution in [1.82, 2.24) is 10.2 Å². The van der Waals surface area contributed by atoms with Crippen LogP contribution in [-0.2, 0) is 6.54 Å². The average molecular weight is 221 g/mol. The number of rotatable bonds is 4. The largest absolute Gasteiger partial charge is 0.497 e. The van der Waals surface area contributed by atoms with Crippen molar-refractivity contribution in [3.05, 3.63) is 42.0 Å². The highest BCUT2D eigenvalue weighted by Crippen LogP contribution is 2.21. The lowest BCUT2D eigenvalue weighted by atomic mass is 10.2. The molecule has 84 valence electrons. The Morgan fingerprint density at radius 2 is 2.31 bits per heavy atom. The van der Waals surface area contributed by atoms with Gasteiger partial charge in [0.2, 0.25) is 0 Å². The molecule has 0 saturated carbocycles. The van der Waals surface area contributed by atoms with E-state index in [9.17, 15) is 4.39 Å². The molecule has 1 aromatic heterocycles. The van der Waals surface area contributed by atoms with Gasteiger partial charge in [0.25, 0.3) is 0 Å². The third-order valence-corrected chi connectivity index (χ3v) is 2.20. The number of H-pyrrole nitrogens is 1. The third kappa shape index (κ3) is 2.31. The van der Waals surface area contributed by atoms with Gasteiger partial charge in [0.05, 0.1) is 25.0 Å². The molecule has 0 radical (unpaired) electrons. The number of ether oxygens (including phenoxy) is 1. The smallest absolute Gasteiger partial charge is 0.146 e. The molecule has 2 rings (SSSR count). The number of nitrogens with zero attached hydrogens (tertiary/aromatic N) is 1. The Balaban J connectivity index is 2.08. The summed E-state index contributed by atoms with van der Waals surface area (Å²) in [7, 11) is 1.55. The number of anilines is 1. The van der Waals surface area contributed by atoms with Crippen molar-refractivity contribution in [1.29, 1.82) is 0 Å². The second-order valence-electron chi connectivity index (χ2n) is 3.28. The number of hydrogen-bond acceptors (Lipinski definition) is 3. The first-order valence-corrected chi connectivity index (χ1v) is 4.85. The quantitative estimate of drug-likeness (QED) is 0.831. The Morgan fingerprint density at radius 1 is 1.44 bits per heavy atom. The third-order valence-electron chi connectivity index (χ3n) is 2.20. The van der Waals surface area contributed by atoms with Gasteiger partial charge in [0.1, 0.15) is 11.6 Å². The van der Waals surface area contributed by atoms with Crippen molar-refractivity contribution in [3.8, 4) is 5.75 Å². The van der Waals surface area contributed by atoms with Crippen LogP contribution in [0.25, 0.3) is 0 Å². The number of hydrogen-bond donors (Lipinski definition) is 2. The van der Waals surface area contributed by atoms with E-state index in [0.717, 1.165) is 5.69 Å². The van der Waals surface area contributed by atoms with Gasteiger partial charge in [-0.25, -0.2) is 4.39 Å². The summed E-state index contributed by atoms with van der Waals surface area (Å²) in [5.74, 6) is 0.314. The molecule has 0 fully saturated rings. The van der Waals surface area contributed by atoms with Gasteiger partial charge in [-0.3, -0.25) is 5.10 Å². The van der Waals surface area contributed by atoms with Crippen molar-refractivity contribution in [2.24, 2.45) is 0 Å². The average Bonchev–Trinajstić information content (AvgIpc) is 2.81. The number of aromatic nitrogens is 2. The van der Waals surface area contributed by atoms with E-state index in [1.165, 1.54) is 6.07 Å². The van der Waals surface area contributed by atoms with E-state index >= 15 is 0 Å². The van der Waals surface area contributed by atoms with Crippen molar-refractivity contribution in [2.75, 3.05) is 12.4 Å². The number of halogens is 1. The van der Waals surface area contributed by atoms with Gasteiger partial charge >= 0.3 is 0 Å². The minimum Gasteiger partial charge on any atom is -0.497 e. The van der Waals surface area contributed by atoms with E-state index in [4.69, 9.17) is 4.74 Å². The second-order valence-corrected chi connectivity index (χ2v) is 3.28. The number of nitrogens with one attached hydrogen (secondary N) is 2. The van der Waals surface area contributed by atoms with Crippen molar-refractivity contribution < 1.29 is 9.13 Å². The maximum atomic E-state index is 13.4. The van der Waals surface area contributed by atoms with Crippen molar-refractivity contribution in [3.63, 3.8) is 0 Å². The summed E-state index contributed by atoms with van der Waals surface area (Å²) in [5, 5.41) is 9.56. The van der Waals surface area contributed by atoms with Gasteiger partial charge in [0, 0.05) is 12.3 Å². The lowest BCUT2D eigenvalue weighted by molar-refractivity contribution is 0.414. The molecule has 0 saturated heterocycles. The normalized spacial score (nSPS) is 10.1. The van der Waals surface area contributed by atoms with Gasteiger partial charge in [-0.2, -0.15) is 5.10 Å². The highest BCUT2D eigenvalue weighted by Gasteiger charge is 2.03. The van der Waals surface area contributed by atoms with Crippen LogP contribution in [0.15, 0.2) is 30.5 Å². The van der Waals surface area contributed by atoms with Crippen LogP contribution in [0.3, 0.4) is 0 Å². The van der Waals surface area contributed by atoms with E-state index in [0.29, 0.717) is 18.0 Å². The van der Waals surface area contributed by atoms with Crippen LogP contribution in [0, 0.1) is 5.82 Å². The van der Waals surface area contributed by atoms with Gasteiger partial charge in [0.15, 0.2) is 0 Å². The summed E-state index contributed by atoms with van der Waals surface area (Å²) in [6, 6.07) is 6.39. The standard InChI is InChI=1S/C11H12FN3O/c1-16-9-2-3-10(12)11(6-9)13-7-8-4-5-14-15-8/h2-6,13H,7H2,1H3,(H,14,15). The summed E-state index contributed by atoms with van der Waals surface area (Å²) >= 11 is 0. The Morgan fingerprint density at radius 3 is 3.00 bits per heavy atom. The molecule has 16 heavy (non-hydrogen) atoms. The molecule has 0 spiro atoms. The van der Waals surface area contributed by atoms with Crippen molar-refractivity contribution in [2.45, 2.75) is 6.54 Å². The molecule has 4 nitrogen and oxygen atoms in total. The summed E-state index contributed by atoms with van der Waals surface area (Å²) in [4.78, 5) is 0. The Labute approximate surface area is 92.4 Å². The van der Waals surface area contributed by atoms with Crippen LogP contribution >= 0.6 is 0 Å². The summed E-state index contributed by atoms with van der Waals surface area (Å²) in [6.07, 6.45) is 1.65. The second kappa shape index (κ2) is 4.65. The van der Waals surface area contributed by atoms with Crippen LogP contribution in [-0.4, -0.2) is 17.3 Å². The minimum atomic E-state index is -0.305. The number of methoxy groups -OCH3 is 1. The SMILES string of the molecule is COc1ccc(F)c(NCc2ccn[nH]2)c1. The molecule has 1 aromatic carbocycles. The fraction of sp³-hybridized carbons (Fsp3) is 0.182. The topological polar surface area (TPSA) is 49.9 Å². The molecule has 2 N–H and O–H groups in total. The summed E-state index contributed by atoms with van der Waals surface area (Å²) < 4.78 is 18.4. The molecule has 1 heterocycles. The molecule has 0 aliphatic rings. The van der Waals surface area contributed by atoms with E-state index in [1.807, 2.05) is 6.07 Å². The first kappa shape index (κ1) is 10.5. The molecule has 0 atom stereocenters. The molecule has 5 heteroatoms. The highest BCUT2D eigenvalue weighted by molar-refractivity contribution is 5.49. The minimum absolute atomic E-state index is 0.305. The van der Waals surface area contributed by atoms with Gasteiger partial charge in [-0.1, -0.05) is 0 Å². The predicted octanol–water partition coefficient (Wildman–Crippen LogP) is 2.17. The zero-order valence-electron chi connectivity index (χ0n) is 8.83. The van der Waals surface area contributed by atoms with Crippen molar-refractivity contribution >= 4 is 5.69 Å². The van der Waals surface area contributed by atoms with Crippen LogP contribution in [0.2, 0.25) is 0 Å². The molecular formula is C11H12FN3O. The molecular weight excluding hydrogens is 209 g/mol. The molecule has 0 aliphatic carbocycles. The van der Waals surface area contributed by atoms with Crippen LogP contribution in [0.1, 0.15) is 5.69 Å². The first-order chi connectivity index (χ1) is 7.79. The number of benzene rings is 1. The lowest BCUT2D eigenvalue weighted by Gasteiger charge is -2.08. The summed E-state index contributed by atoms with van der Waals surface area (Å²) in [5.41, 5.74) is 1.30. The zero-order valence-corrected chi connectivity index (χ0v) is 8.83. The highest BCUT2D eigenvalue weighted by atomic mass is 19.1. The molecule has 0 unspecified atom stereocenters. The fourth-order valence-corrected chi connectivity index (χ4v) is 1.34. The van der Waals surface area contributed by atoms with E-state index in [2.05, 4.69) is 15.5 Å². The molecule has 0 bridgehead atoms. The molecule has 0 aliphatic heterocycles. The predicted molar refractivity (Wildman–Crippen MR) is 58.9 cm³/mol.